The van der Waals surface area contributed by atoms with Crippen molar-refractivity contribution in [1.82, 2.24) is 9.97 Å². The van der Waals surface area contributed by atoms with Crippen LogP contribution >= 0.6 is 0 Å². The van der Waals surface area contributed by atoms with E-state index in [2.05, 4.69) is 38.1 Å². The molecule has 2 heterocycles. The van der Waals surface area contributed by atoms with Crippen LogP contribution < -0.4 is 0 Å². The first-order valence-electron chi connectivity index (χ1n) is 16.8. The van der Waals surface area contributed by atoms with Gasteiger partial charge < -0.3 is 10.1 Å². The van der Waals surface area contributed by atoms with Gasteiger partial charge in [-0.05, 0) is 71.7 Å². The molecule has 44 heavy (non-hydrogen) atoms. The molecule has 0 saturated heterocycles. The maximum Gasteiger partial charge on any atom is 0.162 e. The van der Waals surface area contributed by atoms with E-state index >= 15 is 0 Å². The average Bonchev–Trinajstić information content (AvgIpc) is 3.00. The van der Waals surface area contributed by atoms with Gasteiger partial charge in [-0.15, -0.1) is 23.3 Å². The summed E-state index contributed by atoms with van der Waals surface area (Å²) in [5.74, 6) is 0.547. The number of carbonyl (C=O) groups excluding carboxylic acids is 1. The molecule has 0 saturated carbocycles. The van der Waals surface area contributed by atoms with Crippen molar-refractivity contribution in [2.45, 2.75) is 99.8 Å². The van der Waals surface area contributed by atoms with Gasteiger partial charge in [0, 0.05) is 52.6 Å². The molecule has 0 fully saturated rings. The van der Waals surface area contributed by atoms with Gasteiger partial charge in [0.1, 0.15) is 0 Å². The minimum atomic E-state index is -1.57. The van der Waals surface area contributed by atoms with Crippen molar-refractivity contribution in [3.63, 3.8) is 0 Å². The van der Waals surface area contributed by atoms with Gasteiger partial charge in [0.2, 0.25) is 0 Å². The summed E-state index contributed by atoms with van der Waals surface area (Å²) in [6, 6.07) is 17.8. The molecule has 5 rings (SSSR count). The molecule has 0 spiro atoms. The van der Waals surface area contributed by atoms with Crippen LogP contribution in [0.2, 0.25) is 0 Å². The normalized spacial score (nSPS) is 14.8. The molecule has 0 aliphatic heterocycles. The summed E-state index contributed by atoms with van der Waals surface area (Å²) < 4.78 is 17.7. The Morgan fingerprint density at radius 1 is 1.05 bits per heavy atom. The summed E-state index contributed by atoms with van der Waals surface area (Å²) in [5.41, 5.74) is 4.54. The Labute approximate surface area is 281 Å². The zero-order valence-electron chi connectivity index (χ0n) is 29.8. The monoisotopic (exact) mass is 772 g/mol. The molecule has 4 nitrogen and oxygen atoms in total. The Kier molecular flexibility index (Phi) is 10.7. The summed E-state index contributed by atoms with van der Waals surface area (Å²) in [5, 5.41) is 13.1. The topological polar surface area (TPSA) is 63.1 Å². The fourth-order valence-electron chi connectivity index (χ4n) is 6.27. The number of aliphatic hydroxyl groups is 1. The quantitative estimate of drug-likeness (QED) is 0.110. The SMILES string of the molecule is CCC(CC)C(=O)/C=C(\O)C(CC)CC.[2H]C([2H])(c1cc2c3c(nccc3n1)-c1[c-]cc3ccccc3c1C2(C)C)C(C)(C)C.[Ir]. The number of pyridine rings is 2. The van der Waals surface area contributed by atoms with Crippen LogP contribution in [0.15, 0.2) is 60.5 Å². The molecule has 2 aromatic carbocycles. The van der Waals surface area contributed by atoms with Gasteiger partial charge >= 0.3 is 0 Å². The Bertz CT molecular complexity index is 1730. The van der Waals surface area contributed by atoms with E-state index in [0.717, 1.165) is 58.8 Å². The molecule has 1 radical (unpaired) electrons. The molecule has 5 heteroatoms. The minimum absolute atomic E-state index is 0. The Morgan fingerprint density at radius 2 is 1.68 bits per heavy atom. The van der Waals surface area contributed by atoms with Crippen LogP contribution in [-0.2, 0) is 36.7 Å². The van der Waals surface area contributed by atoms with Gasteiger partial charge in [-0.2, -0.15) is 0 Å². The molecular weight excluding hydrogens is 721 g/mol. The van der Waals surface area contributed by atoms with Crippen molar-refractivity contribution in [3.05, 3.63) is 83.4 Å². The summed E-state index contributed by atoms with van der Waals surface area (Å²) in [6.45, 7) is 18.3. The van der Waals surface area contributed by atoms with Gasteiger partial charge in [0.15, 0.2) is 5.78 Å². The van der Waals surface area contributed by atoms with Crippen LogP contribution in [0, 0.1) is 23.3 Å². The Hall–Kier alpha value is -2.88. The predicted octanol–water partition coefficient (Wildman–Crippen LogP) is 10.3. The maximum absolute atomic E-state index is 11.7. The van der Waals surface area contributed by atoms with Crippen LogP contribution in [0.3, 0.4) is 0 Å². The van der Waals surface area contributed by atoms with Crippen molar-refractivity contribution >= 4 is 27.5 Å². The smallest absolute Gasteiger partial charge is 0.162 e. The first-order chi connectivity index (χ1) is 21.1. The third-order valence-corrected chi connectivity index (χ3v) is 8.69. The van der Waals surface area contributed by atoms with Crippen molar-refractivity contribution < 1.29 is 32.7 Å². The number of ketones is 1. The third-order valence-electron chi connectivity index (χ3n) is 8.69. The van der Waals surface area contributed by atoms with Crippen molar-refractivity contribution in [1.29, 1.82) is 0 Å². The van der Waals surface area contributed by atoms with E-state index in [1.54, 1.807) is 6.20 Å². The van der Waals surface area contributed by atoms with Crippen molar-refractivity contribution in [3.8, 4) is 11.3 Å². The maximum atomic E-state index is 11.7. The van der Waals surface area contributed by atoms with Crippen LogP contribution in [-0.4, -0.2) is 20.9 Å². The number of fused-ring (bicyclic) bond motifs is 4. The first kappa shape index (κ1) is 32.5. The van der Waals surface area contributed by atoms with Crippen LogP contribution in [0.1, 0.15) is 108 Å². The molecule has 0 bridgehead atoms. The van der Waals surface area contributed by atoms with E-state index in [9.17, 15) is 9.90 Å². The molecule has 237 valence electrons. The molecular formula is C39H49IrN2O2-. The molecule has 1 aliphatic carbocycles. The first-order valence-corrected chi connectivity index (χ1v) is 15.8. The number of hydrogen-bond acceptors (Lipinski definition) is 4. The van der Waals surface area contributed by atoms with E-state index in [-0.39, 0.29) is 48.9 Å². The number of hydrogen-bond donors (Lipinski definition) is 1. The van der Waals surface area contributed by atoms with Gasteiger partial charge in [0.05, 0.1) is 11.3 Å². The van der Waals surface area contributed by atoms with Crippen LogP contribution in [0.25, 0.3) is 32.9 Å². The van der Waals surface area contributed by atoms with Crippen LogP contribution in [0.4, 0.5) is 0 Å². The average molecular weight is 772 g/mol. The number of aliphatic hydroxyl groups excluding tert-OH is 1. The summed E-state index contributed by atoms with van der Waals surface area (Å²) in [7, 11) is 0. The molecule has 4 aromatic rings. The summed E-state index contributed by atoms with van der Waals surface area (Å²) >= 11 is 0. The van der Waals surface area contributed by atoms with Crippen molar-refractivity contribution in [2.75, 3.05) is 0 Å². The van der Waals surface area contributed by atoms with E-state index in [1.165, 1.54) is 17.0 Å². The summed E-state index contributed by atoms with van der Waals surface area (Å²) in [6.07, 6.45) is 5.11. The van der Waals surface area contributed by atoms with E-state index in [4.69, 9.17) is 12.7 Å². The van der Waals surface area contributed by atoms with Crippen molar-refractivity contribution in [2.24, 2.45) is 17.3 Å². The third kappa shape index (κ3) is 7.32. The molecule has 1 N–H and O–H groups in total. The second-order valence-electron chi connectivity index (χ2n) is 13.2. The second-order valence-corrected chi connectivity index (χ2v) is 13.2. The fourth-order valence-corrected chi connectivity index (χ4v) is 6.27. The number of aromatic nitrogens is 2. The number of rotatable bonds is 8. The molecule has 0 amide bonds. The minimum Gasteiger partial charge on any atom is -0.512 e. The standard InChI is InChI=1S/C26H25N2.C13H24O2.Ir/c1-25(2,3)15-17-14-20-22-21(28-17)12-13-27-24(22)19-11-10-16-8-6-7-9-18(16)23(19)26(20,4)5;1-5-10(6-2)12(14)9-13(15)11(7-3)8-4;/h6-10,12-14H,15H2,1-5H3;9-11,14H,5-8H2,1-4H3;/q-1;;/b;12-9-;/i15D2;;. The Morgan fingerprint density at radius 3 is 2.30 bits per heavy atom. The van der Waals surface area contributed by atoms with Gasteiger partial charge in [-0.3, -0.25) is 9.78 Å². The number of carbonyl (C=O) groups is 1. The van der Waals surface area contributed by atoms with Crippen LogP contribution in [0.5, 0.6) is 0 Å². The number of nitrogens with zero attached hydrogens (tertiary/aromatic N) is 2. The van der Waals surface area contributed by atoms with E-state index in [1.807, 2.05) is 72.7 Å². The van der Waals surface area contributed by atoms with E-state index < -0.39 is 11.8 Å². The second kappa shape index (κ2) is 14.5. The zero-order valence-corrected chi connectivity index (χ0v) is 30.2. The fraction of sp³-hybridized carbons (Fsp3) is 0.462. The van der Waals surface area contributed by atoms with Gasteiger partial charge in [-0.25, -0.2) is 0 Å². The van der Waals surface area contributed by atoms with Gasteiger partial charge in [0.25, 0.3) is 0 Å². The summed E-state index contributed by atoms with van der Waals surface area (Å²) in [4.78, 5) is 21.2. The van der Waals surface area contributed by atoms with Gasteiger partial charge in [-0.1, -0.05) is 97.4 Å². The molecule has 0 unspecified atom stereocenters. The Balaban J connectivity index is 0.000000309. The number of benzene rings is 2. The zero-order chi connectivity index (χ0) is 33.3. The van der Waals surface area contributed by atoms with E-state index in [0.29, 0.717) is 5.69 Å². The largest absolute Gasteiger partial charge is 0.512 e. The predicted molar refractivity (Wildman–Crippen MR) is 180 cm³/mol. The number of allylic oxidation sites excluding steroid dienone is 2. The molecule has 1 aliphatic rings. The molecule has 2 aromatic heterocycles. The molecule has 0 atom stereocenters.